The van der Waals surface area contributed by atoms with Gasteiger partial charge in [-0.1, -0.05) is 18.2 Å². The molecular formula is C16H19N3OS2. The quantitative estimate of drug-likeness (QED) is 0.857. The number of likely N-dealkylation sites (tertiary alicyclic amines) is 1. The molecule has 0 aliphatic carbocycles. The topological polar surface area (TPSA) is 56.1 Å². The van der Waals surface area contributed by atoms with Crippen LogP contribution in [0.1, 0.15) is 12.8 Å². The molecule has 0 spiro atoms. The first-order chi connectivity index (χ1) is 10.8. The number of thioether (sulfide) groups is 2. The van der Waals surface area contributed by atoms with Crippen LogP contribution in [0.3, 0.4) is 0 Å². The van der Waals surface area contributed by atoms with Crippen molar-refractivity contribution in [3.05, 3.63) is 30.3 Å². The minimum Gasteiger partial charge on any atom is -0.325 e. The van der Waals surface area contributed by atoms with E-state index in [1.165, 1.54) is 4.90 Å². The first kappa shape index (κ1) is 15.7. The van der Waals surface area contributed by atoms with Crippen molar-refractivity contribution < 1.29 is 4.79 Å². The summed E-state index contributed by atoms with van der Waals surface area (Å²) in [4.78, 5) is 15.5. The summed E-state index contributed by atoms with van der Waals surface area (Å²) >= 11 is 3.61. The molecule has 116 valence electrons. The van der Waals surface area contributed by atoms with E-state index in [4.69, 9.17) is 5.26 Å². The molecule has 0 saturated carbocycles. The minimum absolute atomic E-state index is 0.101. The van der Waals surface area contributed by atoms with Gasteiger partial charge in [0.2, 0.25) is 5.91 Å². The Bertz CT molecular complexity index is 560. The van der Waals surface area contributed by atoms with Crippen LogP contribution in [0.25, 0.3) is 0 Å². The molecule has 0 aromatic heterocycles. The van der Waals surface area contributed by atoms with E-state index in [2.05, 4.69) is 23.5 Å². The summed E-state index contributed by atoms with van der Waals surface area (Å²) in [7, 11) is 0. The molecule has 2 fully saturated rings. The second kappa shape index (κ2) is 7.40. The van der Waals surface area contributed by atoms with Gasteiger partial charge in [-0.3, -0.25) is 10.1 Å². The molecule has 2 aliphatic heterocycles. The number of carbonyl (C=O) groups is 1. The van der Waals surface area contributed by atoms with Crippen LogP contribution in [0, 0.1) is 11.3 Å². The third kappa shape index (κ3) is 3.60. The van der Waals surface area contributed by atoms with Gasteiger partial charge in [-0.25, -0.2) is 0 Å². The smallest absolute Gasteiger partial charge is 0.241 e. The highest BCUT2D eigenvalue weighted by Crippen LogP contribution is 2.28. The van der Waals surface area contributed by atoms with E-state index in [1.54, 1.807) is 16.7 Å². The van der Waals surface area contributed by atoms with E-state index in [9.17, 15) is 4.79 Å². The van der Waals surface area contributed by atoms with Gasteiger partial charge in [0.05, 0.1) is 17.5 Å². The summed E-state index contributed by atoms with van der Waals surface area (Å²) in [5.41, 5.74) is 0. The maximum atomic E-state index is 12.5. The second-order valence-electron chi connectivity index (χ2n) is 5.48. The van der Waals surface area contributed by atoms with Crippen molar-refractivity contribution in [2.24, 2.45) is 0 Å². The predicted molar refractivity (Wildman–Crippen MR) is 90.7 cm³/mol. The molecule has 3 atom stereocenters. The summed E-state index contributed by atoms with van der Waals surface area (Å²) in [5.74, 6) is 1.84. The third-order valence-electron chi connectivity index (χ3n) is 3.98. The molecule has 2 aliphatic rings. The zero-order chi connectivity index (χ0) is 15.4. The zero-order valence-electron chi connectivity index (χ0n) is 12.3. The molecule has 4 nitrogen and oxygen atoms in total. The molecule has 2 heterocycles. The number of hydrogen-bond donors (Lipinski definition) is 1. The average molecular weight is 333 g/mol. The normalized spacial score (nSPS) is 27.8. The lowest BCUT2D eigenvalue weighted by molar-refractivity contribution is -0.132. The van der Waals surface area contributed by atoms with Gasteiger partial charge in [0.1, 0.15) is 6.04 Å². The van der Waals surface area contributed by atoms with Gasteiger partial charge in [0, 0.05) is 22.9 Å². The van der Waals surface area contributed by atoms with Crippen molar-refractivity contribution in [1.29, 1.82) is 5.26 Å². The number of amides is 1. The Labute approximate surface area is 139 Å². The Hall–Kier alpha value is -1.16. The summed E-state index contributed by atoms with van der Waals surface area (Å²) in [6.07, 6.45) is 1.76. The maximum Gasteiger partial charge on any atom is 0.241 e. The fourth-order valence-corrected chi connectivity index (χ4v) is 5.13. The lowest BCUT2D eigenvalue weighted by Crippen LogP contribution is -2.48. The molecule has 0 bridgehead atoms. The van der Waals surface area contributed by atoms with Gasteiger partial charge < -0.3 is 4.90 Å². The van der Waals surface area contributed by atoms with Crippen LogP contribution in [-0.4, -0.2) is 46.3 Å². The van der Waals surface area contributed by atoms with Crippen LogP contribution < -0.4 is 5.32 Å². The first-order valence-corrected chi connectivity index (χ1v) is 9.57. The zero-order valence-corrected chi connectivity index (χ0v) is 13.9. The lowest BCUT2D eigenvalue weighted by Gasteiger charge is -2.23. The Balaban J connectivity index is 1.50. The van der Waals surface area contributed by atoms with Gasteiger partial charge in [-0.05, 0) is 25.0 Å². The summed E-state index contributed by atoms with van der Waals surface area (Å²) < 4.78 is 0. The second-order valence-corrected chi connectivity index (χ2v) is 7.81. The molecule has 0 radical (unpaired) electrons. The highest BCUT2D eigenvalue weighted by atomic mass is 32.2. The third-order valence-corrected chi connectivity index (χ3v) is 6.53. The van der Waals surface area contributed by atoms with Crippen LogP contribution >= 0.6 is 23.5 Å². The molecule has 6 heteroatoms. The largest absolute Gasteiger partial charge is 0.325 e. The molecule has 1 amide bonds. The number of carbonyl (C=O) groups excluding carboxylic acids is 1. The van der Waals surface area contributed by atoms with Crippen molar-refractivity contribution in [2.75, 3.05) is 18.1 Å². The van der Waals surface area contributed by atoms with Crippen molar-refractivity contribution in [3.63, 3.8) is 0 Å². The van der Waals surface area contributed by atoms with Crippen LogP contribution in [0.5, 0.6) is 0 Å². The number of hydrogen-bond acceptors (Lipinski definition) is 5. The fourth-order valence-electron chi connectivity index (χ4n) is 2.83. The summed E-state index contributed by atoms with van der Waals surface area (Å²) in [6.45, 7) is 0.726. The van der Waals surface area contributed by atoms with Crippen LogP contribution in [0.4, 0.5) is 0 Å². The molecule has 3 rings (SSSR count). The number of rotatable bonds is 4. The van der Waals surface area contributed by atoms with E-state index >= 15 is 0 Å². The van der Waals surface area contributed by atoms with Gasteiger partial charge >= 0.3 is 0 Å². The van der Waals surface area contributed by atoms with E-state index in [-0.39, 0.29) is 18.0 Å². The molecule has 2 saturated heterocycles. The highest BCUT2D eigenvalue weighted by molar-refractivity contribution is 8.03. The molecule has 1 unspecified atom stereocenters. The molecule has 22 heavy (non-hydrogen) atoms. The monoisotopic (exact) mass is 333 g/mol. The molecule has 1 aromatic carbocycles. The summed E-state index contributed by atoms with van der Waals surface area (Å²) in [6, 6.07) is 12.2. The fraction of sp³-hybridized carbons (Fsp3) is 0.500. The average Bonchev–Trinajstić information content (AvgIpc) is 3.22. The Kier molecular flexibility index (Phi) is 5.29. The Morgan fingerprint density at radius 2 is 2.27 bits per heavy atom. The van der Waals surface area contributed by atoms with Crippen LogP contribution in [0.15, 0.2) is 35.2 Å². The summed E-state index contributed by atoms with van der Waals surface area (Å²) in [5, 5.41) is 12.8. The Morgan fingerprint density at radius 3 is 3.05 bits per heavy atom. The van der Waals surface area contributed by atoms with Crippen molar-refractivity contribution in [3.8, 4) is 6.07 Å². The number of nitriles is 1. The van der Waals surface area contributed by atoms with Crippen molar-refractivity contribution >= 4 is 29.4 Å². The van der Waals surface area contributed by atoms with Crippen molar-refractivity contribution in [1.82, 2.24) is 10.2 Å². The maximum absolute atomic E-state index is 12.5. The highest BCUT2D eigenvalue weighted by Gasteiger charge is 2.37. The standard InChI is InChI=1S/C16H19N3OS2/c17-9-12-5-4-8-19(12)16(20)14-10-22-15(18-14)11-21-13-6-2-1-3-7-13/h1-3,6-7,12,14-15,18H,4-5,8,10-11H2/t12-,14-,15?/m0/s1. The van der Waals surface area contributed by atoms with E-state index < -0.39 is 0 Å². The lowest BCUT2D eigenvalue weighted by atomic mass is 10.2. The van der Waals surface area contributed by atoms with Gasteiger partial charge in [-0.2, -0.15) is 5.26 Å². The predicted octanol–water partition coefficient (Wildman–Crippen LogP) is 2.32. The SMILES string of the molecule is N#C[C@@H]1CCCN1C(=O)[C@@H]1CSC(CSc2ccccc2)N1. The molecule has 1 aromatic rings. The van der Waals surface area contributed by atoms with E-state index in [0.29, 0.717) is 5.37 Å². The molecule has 1 N–H and O–H groups in total. The number of benzene rings is 1. The van der Waals surface area contributed by atoms with Crippen molar-refractivity contribution in [2.45, 2.75) is 35.2 Å². The van der Waals surface area contributed by atoms with Gasteiger partial charge in [-0.15, -0.1) is 23.5 Å². The first-order valence-electron chi connectivity index (χ1n) is 7.53. The number of nitrogens with zero attached hydrogens (tertiary/aromatic N) is 2. The van der Waals surface area contributed by atoms with Gasteiger partial charge in [0.25, 0.3) is 0 Å². The van der Waals surface area contributed by atoms with Gasteiger partial charge in [0.15, 0.2) is 0 Å². The van der Waals surface area contributed by atoms with Crippen LogP contribution in [-0.2, 0) is 4.79 Å². The minimum atomic E-state index is -0.225. The van der Waals surface area contributed by atoms with E-state index in [0.717, 1.165) is 30.9 Å². The van der Waals surface area contributed by atoms with Crippen LogP contribution in [0.2, 0.25) is 0 Å². The number of nitrogens with one attached hydrogen (secondary N) is 1. The Morgan fingerprint density at radius 1 is 1.45 bits per heavy atom. The molecular weight excluding hydrogens is 314 g/mol. The van der Waals surface area contributed by atoms with E-state index in [1.807, 2.05) is 30.0 Å².